The third-order valence-electron chi connectivity index (χ3n) is 5.21. The highest BCUT2D eigenvalue weighted by Crippen LogP contribution is 2.29. The van der Waals surface area contributed by atoms with Gasteiger partial charge in [0.1, 0.15) is 11.3 Å². The Hall–Kier alpha value is -3.37. The largest absolute Gasteiger partial charge is 0.484 e. The molecule has 0 spiro atoms. The monoisotopic (exact) mass is 469 g/mol. The van der Waals surface area contributed by atoms with E-state index >= 15 is 0 Å². The van der Waals surface area contributed by atoms with Crippen molar-refractivity contribution in [3.63, 3.8) is 0 Å². The van der Waals surface area contributed by atoms with Gasteiger partial charge in [0.2, 0.25) is 5.95 Å². The molecule has 0 atom stereocenters. The lowest BCUT2D eigenvalue weighted by atomic mass is 10.3. The second-order valence-electron chi connectivity index (χ2n) is 7.28. The molecule has 0 aliphatic carbocycles. The van der Waals surface area contributed by atoms with Crippen LogP contribution in [0.15, 0.2) is 41.8 Å². The Bertz CT molecular complexity index is 1240. The van der Waals surface area contributed by atoms with Crippen molar-refractivity contribution in [3.05, 3.63) is 46.8 Å². The molecule has 3 aromatic heterocycles. The van der Waals surface area contributed by atoms with Crippen LogP contribution in [0.4, 0.5) is 11.8 Å². The van der Waals surface area contributed by atoms with Crippen molar-refractivity contribution in [2.45, 2.75) is 0 Å². The van der Waals surface area contributed by atoms with E-state index in [0.29, 0.717) is 48.4 Å². The number of carbonyl (C=O) groups is 1. The van der Waals surface area contributed by atoms with Gasteiger partial charge in [-0.25, -0.2) is 4.98 Å². The number of piperazine rings is 1. The first-order chi connectivity index (χ1) is 15.6. The first-order valence-corrected chi connectivity index (χ1v) is 11.3. The highest BCUT2D eigenvalue weighted by Gasteiger charge is 2.25. The lowest BCUT2D eigenvalue weighted by Crippen LogP contribution is -2.50. The number of benzene rings is 1. The van der Waals surface area contributed by atoms with E-state index in [1.807, 2.05) is 17.5 Å². The first-order valence-electron chi connectivity index (χ1n) is 10.0. The van der Waals surface area contributed by atoms with Crippen molar-refractivity contribution in [2.75, 3.05) is 43.4 Å². The fourth-order valence-corrected chi connectivity index (χ4v) is 4.39. The Kier molecular flexibility index (Phi) is 5.54. The van der Waals surface area contributed by atoms with Crippen LogP contribution in [0.2, 0.25) is 5.02 Å². The molecule has 4 heterocycles. The first kappa shape index (κ1) is 20.5. The number of aromatic nitrogens is 4. The van der Waals surface area contributed by atoms with Crippen LogP contribution in [-0.2, 0) is 4.79 Å². The number of hydrogen-bond acceptors (Lipinski definition) is 8. The van der Waals surface area contributed by atoms with Gasteiger partial charge in [0.05, 0.1) is 4.88 Å². The smallest absolute Gasteiger partial charge is 0.260 e. The molecule has 11 heteroatoms. The molecule has 1 aromatic carbocycles. The predicted octanol–water partition coefficient (Wildman–Crippen LogP) is 3.04. The van der Waals surface area contributed by atoms with Gasteiger partial charge in [-0.15, -0.1) is 11.3 Å². The second kappa shape index (κ2) is 8.64. The number of rotatable bonds is 5. The maximum absolute atomic E-state index is 12.6. The van der Waals surface area contributed by atoms with E-state index in [9.17, 15) is 4.79 Å². The molecule has 32 heavy (non-hydrogen) atoms. The Labute approximate surface area is 192 Å². The van der Waals surface area contributed by atoms with E-state index in [0.717, 1.165) is 16.2 Å². The molecule has 1 fully saturated rings. The SMILES string of the molecule is Nc1nc(N2CCN(C(=O)COc3ccc(Cl)cc3)CC2)c2[nH]c(-c3cccs3)nc2n1. The van der Waals surface area contributed by atoms with Crippen LogP contribution in [0.1, 0.15) is 0 Å². The Morgan fingerprint density at radius 1 is 1.12 bits per heavy atom. The van der Waals surface area contributed by atoms with Crippen molar-refractivity contribution in [1.82, 2.24) is 24.8 Å². The van der Waals surface area contributed by atoms with Gasteiger partial charge >= 0.3 is 0 Å². The van der Waals surface area contributed by atoms with Crippen molar-refractivity contribution in [1.29, 1.82) is 0 Å². The van der Waals surface area contributed by atoms with Gasteiger partial charge in [0, 0.05) is 31.2 Å². The number of hydrogen-bond donors (Lipinski definition) is 2. The van der Waals surface area contributed by atoms with Gasteiger partial charge in [-0.05, 0) is 35.7 Å². The van der Waals surface area contributed by atoms with Crippen LogP contribution in [0, 0.1) is 0 Å². The molecule has 0 radical (unpaired) electrons. The van der Waals surface area contributed by atoms with Crippen LogP contribution in [0.25, 0.3) is 21.9 Å². The lowest BCUT2D eigenvalue weighted by molar-refractivity contribution is -0.133. The minimum Gasteiger partial charge on any atom is -0.484 e. The third kappa shape index (κ3) is 4.19. The van der Waals surface area contributed by atoms with Gasteiger partial charge in [-0.3, -0.25) is 4.79 Å². The third-order valence-corrected chi connectivity index (χ3v) is 6.34. The van der Waals surface area contributed by atoms with E-state index in [-0.39, 0.29) is 18.5 Å². The number of fused-ring (bicyclic) bond motifs is 1. The van der Waals surface area contributed by atoms with E-state index in [2.05, 4.69) is 24.8 Å². The second-order valence-corrected chi connectivity index (χ2v) is 8.66. The zero-order chi connectivity index (χ0) is 22.1. The van der Waals surface area contributed by atoms with Gasteiger partial charge in [0.25, 0.3) is 5.91 Å². The number of H-pyrrole nitrogens is 1. The van der Waals surface area contributed by atoms with Crippen LogP contribution in [-0.4, -0.2) is 63.5 Å². The predicted molar refractivity (Wildman–Crippen MR) is 125 cm³/mol. The molecule has 3 N–H and O–H groups in total. The van der Waals surface area contributed by atoms with Crippen molar-refractivity contribution < 1.29 is 9.53 Å². The van der Waals surface area contributed by atoms with E-state index in [1.54, 1.807) is 40.5 Å². The zero-order valence-corrected chi connectivity index (χ0v) is 18.6. The van der Waals surface area contributed by atoms with Crippen LogP contribution in [0.5, 0.6) is 5.75 Å². The number of imidazole rings is 1. The topological polar surface area (TPSA) is 113 Å². The number of nitrogen functional groups attached to an aromatic ring is 1. The molecule has 0 saturated carbocycles. The highest BCUT2D eigenvalue weighted by atomic mass is 35.5. The summed E-state index contributed by atoms with van der Waals surface area (Å²) in [5.41, 5.74) is 7.23. The molecule has 0 unspecified atom stereocenters. The summed E-state index contributed by atoms with van der Waals surface area (Å²) in [6.45, 7) is 2.33. The number of thiophene rings is 1. The minimum atomic E-state index is -0.0616. The quantitative estimate of drug-likeness (QED) is 0.461. The standard InChI is InChI=1S/C21H20ClN7O2S/c22-13-3-5-14(6-4-13)31-12-16(30)28-7-9-29(10-8-28)20-17-19(26-21(23)27-20)25-18(24-17)15-2-1-11-32-15/h1-6,11H,7-10,12H2,(H3,23,24,25,26,27). The molecule has 9 nitrogen and oxygen atoms in total. The molecule has 5 rings (SSSR count). The van der Waals surface area contributed by atoms with Crippen molar-refractivity contribution in [2.24, 2.45) is 0 Å². The fourth-order valence-electron chi connectivity index (χ4n) is 3.59. The summed E-state index contributed by atoms with van der Waals surface area (Å²) in [6.07, 6.45) is 0. The minimum absolute atomic E-state index is 0.0168. The number of amides is 1. The highest BCUT2D eigenvalue weighted by molar-refractivity contribution is 7.13. The van der Waals surface area contributed by atoms with Crippen LogP contribution < -0.4 is 15.4 Å². The van der Waals surface area contributed by atoms with Crippen molar-refractivity contribution >= 4 is 51.8 Å². The Morgan fingerprint density at radius 2 is 1.91 bits per heavy atom. The normalized spacial score (nSPS) is 14.2. The number of carbonyl (C=O) groups excluding carboxylic acids is 1. The zero-order valence-electron chi connectivity index (χ0n) is 17.0. The van der Waals surface area contributed by atoms with Crippen molar-refractivity contribution in [3.8, 4) is 16.5 Å². The molecule has 1 amide bonds. The molecular weight excluding hydrogens is 450 g/mol. The number of nitrogens with one attached hydrogen (secondary N) is 1. The number of halogens is 1. The molecular formula is C21H20ClN7O2S. The summed E-state index contributed by atoms with van der Waals surface area (Å²) in [5.74, 6) is 2.16. The maximum atomic E-state index is 12.6. The summed E-state index contributed by atoms with van der Waals surface area (Å²) in [4.78, 5) is 34.1. The Balaban J connectivity index is 1.26. The summed E-state index contributed by atoms with van der Waals surface area (Å²) >= 11 is 7.47. The molecule has 0 bridgehead atoms. The average molecular weight is 470 g/mol. The molecule has 1 saturated heterocycles. The Morgan fingerprint density at radius 3 is 2.62 bits per heavy atom. The fraction of sp³-hybridized carbons (Fsp3) is 0.238. The van der Waals surface area contributed by atoms with Gasteiger partial charge in [-0.2, -0.15) is 9.97 Å². The number of nitrogens with zero attached hydrogens (tertiary/aromatic N) is 5. The van der Waals surface area contributed by atoms with E-state index < -0.39 is 0 Å². The van der Waals surface area contributed by atoms with Crippen LogP contribution >= 0.6 is 22.9 Å². The molecule has 164 valence electrons. The number of nitrogens with two attached hydrogens (primary N) is 1. The molecule has 1 aliphatic heterocycles. The molecule has 4 aromatic rings. The van der Waals surface area contributed by atoms with E-state index in [4.69, 9.17) is 22.1 Å². The lowest BCUT2D eigenvalue weighted by Gasteiger charge is -2.35. The summed E-state index contributed by atoms with van der Waals surface area (Å²) in [6, 6.07) is 10.9. The number of aromatic amines is 1. The molecule has 1 aliphatic rings. The van der Waals surface area contributed by atoms with Crippen LogP contribution in [0.3, 0.4) is 0 Å². The number of anilines is 2. The van der Waals surface area contributed by atoms with Gasteiger partial charge in [0.15, 0.2) is 23.9 Å². The number of ether oxygens (including phenoxy) is 1. The summed E-state index contributed by atoms with van der Waals surface area (Å²) in [5, 5.41) is 2.62. The average Bonchev–Trinajstić information content (AvgIpc) is 3.48. The van der Waals surface area contributed by atoms with E-state index in [1.165, 1.54) is 0 Å². The van der Waals surface area contributed by atoms with Gasteiger partial charge in [-0.1, -0.05) is 17.7 Å². The summed E-state index contributed by atoms with van der Waals surface area (Å²) < 4.78 is 5.59. The van der Waals surface area contributed by atoms with Gasteiger partial charge < -0.3 is 25.3 Å². The summed E-state index contributed by atoms with van der Waals surface area (Å²) in [7, 11) is 0. The maximum Gasteiger partial charge on any atom is 0.260 e.